The van der Waals surface area contributed by atoms with E-state index < -0.39 is 12.0 Å². The summed E-state index contributed by atoms with van der Waals surface area (Å²) in [7, 11) is 0. The van der Waals surface area contributed by atoms with Crippen LogP contribution in [0.1, 0.15) is 63.9 Å². The largest absolute Gasteiger partial charge is 0.508 e. The molecule has 5 nitrogen and oxygen atoms in total. The minimum absolute atomic E-state index is 0.160. The van der Waals surface area contributed by atoms with Crippen LogP contribution in [0, 0.1) is 0 Å². The molecule has 0 aliphatic carbocycles. The van der Waals surface area contributed by atoms with Crippen LogP contribution in [0.25, 0.3) is 0 Å². The molecule has 24 heavy (non-hydrogen) atoms. The first-order chi connectivity index (χ1) is 11.5. The third-order valence-corrected chi connectivity index (χ3v) is 3.63. The Morgan fingerprint density at radius 1 is 1.08 bits per heavy atom. The zero-order valence-electron chi connectivity index (χ0n) is 14.6. The van der Waals surface area contributed by atoms with Gasteiger partial charge in [0.1, 0.15) is 18.1 Å². The summed E-state index contributed by atoms with van der Waals surface area (Å²) in [4.78, 5) is 20.3. The number of carbonyl (C=O) groups excluding carboxylic acids is 1. The number of phenolic OH excluding ortho intramolecular Hbond substituents is 1. The summed E-state index contributed by atoms with van der Waals surface area (Å²) < 4.78 is 0. The first-order valence-electron chi connectivity index (χ1n) is 8.71. The molecule has 0 saturated carbocycles. The van der Waals surface area contributed by atoms with Gasteiger partial charge in [-0.2, -0.15) is 0 Å². The second-order valence-corrected chi connectivity index (χ2v) is 5.89. The molecule has 0 radical (unpaired) electrons. The molecule has 5 heteroatoms. The fourth-order valence-electron chi connectivity index (χ4n) is 2.16. The Morgan fingerprint density at radius 3 is 2.12 bits per heavy atom. The third-order valence-electron chi connectivity index (χ3n) is 3.63. The average molecular weight is 337 g/mol. The summed E-state index contributed by atoms with van der Waals surface area (Å²) in [5, 5.41) is 17.5. The number of carbonyl (C=O) groups is 2. The summed E-state index contributed by atoms with van der Waals surface area (Å²) in [5.41, 5.74) is 6.12. The average Bonchev–Trinajstić information content (AvgIpc) is 2.57. The molecule has 1 rings (SSSR count). The molecule has 1 aromatic rings. The van der Waals surface area contributed by atoms with Crippen LogP contribution in [0.15, 0.2) is 24.3 Å². The molecule has 0 aromatic heterocycles. The Hall–Kier alpha value is -1.88. The Morgan fingerprint density at radius 2 is 1.62 bits per heavy atom. The molecule has 0 spiro atoms. The number of hydrogen-bond donors (Lipinski definition) is 3. The Labute approximate surface area is 144 Å². The standard InChI is InChI=1S/C10H20O.C9H11NO3/c1-2-3-4-5-6-7-8-9-10-11;10-8(9(12)13)5-6-1-3-7(11)4-2-6/h10H,2-9H2,1H3;1-4,8,11H,5,10H2,(H,12,13). The summed E-state index contributed by atoms with van der Waals surface area (Å²) in [5.74, 6) is -0.860. The lowest BCUT2D eigenvalue weighted by atomic mass is 10.1. The van der Waals surface area contributed by atoms with E-state index in [9.17, 15) is 9.59 Å². The quantitative estimate of drug-likeness (QED) is 0.422. The van der Waals surface area contributed by atoms with Crippen molar-refractivity contribution in [3.05, 3.63) is 29.8 Å². The van der Waals surface area contributed by atoms with E-state index in [-0.39, 0.29) is 12.2 Å². The van der Waals surface area contributed by atoms with Crippen molar-refractivity contribution in [2.24, 2.45) is 5.73 Å². The molecule has 0 amide bonds. The number of nitrogens with two attached hydrogens (primary N) is 1. The van der Waals surface area contributed by atoms with Crippen LogP contribution in [-0.4, -0.2) is 28.5 Å². The zero-order valence-corrected chi connectivity index (χ0v) is 14.6. The lowest BCUT2D eigenvalue weighted by Gasteiger charge is -2.05. The molecule has 0 aliphatic rings. The van der Waals surface area contributed by atoms with Gasteiger partial charge in [-0.25, -0.2) is 0 Å². The van der Waals surface area contributed by atoms with Crippen molar-refractivity contribution in [3.8, 4) is 5.75 Å². The second kappa shape index (κ2) is 14.7. The number of aldehydes is 1. The van der Waals surface area contributed by atoms with Gasteiger partial charge in [0.15, 0.2) is 0 Å². The number of phenols is 1. The van der Waals surface area contributed by atoms with Crippen molar-refractivity contribution in [2.75, 3.05) is 0 Å². The Bertz CT molecular complexity index is 445. The molecule has 136 valence electrons. The molecule has 0 fully saturated rings. The maximum absolute atomic E-state index is 10.4. The lowest BCUT2D eigenvalue weighted by Crippen LogP contribution is -2.32. The molecular weight excluding hydrogens is 306 g/mol. The van der Waals surface area contributed by atoms with Crippen molar-refractivity contribution in [3.63, 3.8) is 0 Å². The SMILES string of the molecule is CCCCCCCCCC=O.NC(Cc1ccc(O)cc1)C(=O)O. The van der Waals surface area contributed by atoms with Gasteiger partial charge in [0, 0.05) is 6.42 Å². The van der Waals surface area contributed by atoms with Gasteiger partial charge in [-0.1, -0.05) is 57.6 Å². The van der Waals surface area contributed by atoms with E-state index >= 15 is 0 Å². The van der Waals surface area contributed by atoms with Gasteiger partial charge in [-0.05, 0) is 30.5 Å². The van der Waals surface area contributed by atoms with Crippen molar-refractivity contribution >= 4 is 12.3 Å². The lowest BCUT2D eigenvalue weighted by molar-refractivity contribution is -0.138. The maximum atomic E-state index is 10.4. The van der Waals surface area contributed by atoms with E-state index in [2.05, 4.69) is 6.92 Å². The van der Waals surface area contributed by atoms with Gasteiger partial charge in [-0.15, -0.1) is 0 Å². The van der Waals surface area contributed by atoms with Gasteiger partial charge >= 0.3 is 5.97 Å². The topological polar surface area (TPSA) is 101 Å². The Balaban J connectivity index is 0.000000449. The monoisotopic (exact) mass is 337 g/mol. The van der Waals surface area contributed by atoms with Crippen LogP contribution in [0.3, 0.4) is 0 Å². The highest BCUT2D eigenvalue weighted by atomic mass is 16.4. The van der Waals surface area contributed by atoms with Crippen LogP contribution in [0.4, 0.5) is 0 Å². The molecule has 1 atom stereocenters. The highest BCUT2D eigenvalue weighted by molar-refractivity contribution is 5.73. The minimum Gasteiger partial charge on any atom is -0.508 e. The van der Waals surface area contributed by atoms with E-state index in [4.69, 9.17) is 15.9 Å². The van der Waals surface area contributed by atoms with E-state index in [1.54, 1.807) is 12.1 Å². The summed E-state index contributed by atoms with van der Waals surface area (Å²) in [6.07, 6.45) is 11.1. The van der Waals surface area contributed by atoms with Gasteiger partial charge in [-0.3, -0.25) is 4.79 Å². The number of aliphatic carboxylic acids is 1. The normalized spacial score (nSPS) is 11.2. The molecule has 1 unspecified atom stereocenters. The predicted molar refractivity (Wildman–Crippen MR) is 96.1 cm³/mol. The fourth-order valence-corrected chi connectivity index (χ4v) is 2.16. The highest BCUT2D eigenvalue weighted by Crippen LogP contribution is 2.10. The molecule has 0 saturated heterocycles. The number of carboxylic acid groups (broad SMARTS) is 1. The number of carboxylic acids is 1. The van der Waals surface area contributed by atoms with Crippen LogP contribution in [-0.2, 0) is 16.0 Å². The number of hydrogen-bond acceptors (Lipinski definition) is 4. The molecule has 0 heterocycles. The molecule has 0 bridgehead atoms. The predicted octanol–water partition coefficient (Wildman–Crippen LogP) is 3.67. The molecule has 0 aliphatic heterocycles. The van der Waals surface area contributed by atoms with Gasteiger partial charge in [0.05, 0.1) is 0 Å². The third kappa shape index (κ3) is 12.6. The summed E-state index contributed by atoms with van der Waals surface area (Å²) in [6.45, 7) is 2.23. The molecule has 4 N–H and O–H groups in total. The van der Waals surface area contributed by atoms with Crippen molar-refractivity contribution in [2.45, 2.75) is 70.8 Å². The van der Waals surface area contributed by atoms with Crippen LogP contribution in [0.2, 0.25) is 0 Å². The second-order valence-electron chi connectivity index (χ2n) is 5.89. The van der Waals surface area contributed by atoms with Crippen molar-refractivity contribution in [1.82, 2.24) is 0 Å². The van der Waals surface area contributed by atoms with Crippen LogP contribution in [0.5, 0.6) is 5.75 Å². The fraction of sp³-hybridized carbons (Fsp3) is 0.579. The minimum atomic E-state index is -1.02. The smallest absolute Gasteiger partial charge is 0.320 e. The number of rotatable bonds is 11. The van der Waals surface area contributed by atoms with Crippen molar-refractivity contribution in [1.29, 1.82) is 0 Å². The highest BCUT2D eigenvalue weighted by Gasteiger charge is 2.11. The van der Waals surface area contributed by atoms with E-state index in [0.717, 1.165) is 24.7 Å². The molecule has 1 aromatic carbocycles. The molecular formula is C19H31NO4. The first-order valence-corrected chi connectivity index (χ1v) is 8.71. The van der Waals surface area contributed by atoms with Crippen LogP contribution < -0.4 is 5.73 Å². The number of aromatic hydroxyl groups is 1. The number of unbranched alkanes of at least 4 members (excludes halogenated alkanes) is 7. The maximum Gasteiger partial charge on any atom is 0.320 e. The Kier molecular flexibility index (Phi) is 13.5. The zero-order chi connectivity index (χ0) is 18.2. The van der Waals surface area contributed by atoms with Gasteiger partial charge in [0.25, 0.3) is 0 Å². The summed E-state index contributed by atoms with van der Waals surface area (Å²) in [6, 6.07) is 5.42. The van der Waals surface area contributed by atoms with Crippen LogP contribution >= 0.6 is 0 Å². The first kappa shape index (κ1) is 22.1. The van der Waals surface area contributed by atoms with Gasteiger partial charge in [0.2, 0.25) is 0 Å². The van der Waals surface area contributed by atoms with Crippen molar-refractivity contribution < 1.29 is 19.8 Å². The van der Waals surface area contributed by atoms with E-state index in [1.807, 2.05) is 0 Å². The summed E-state index contributed by atoms with van der Waals surface area (Å²) >= 11 is 0. The van der Waals surface area contributed by atoms with E-state index in [0.29, 0.717) is 0 Å². The number of benzene rings is 1. The van der Waals surface area contributed by atoms with Gasteiger partial charge < -0.3 is 20.7 Å². The van der Waals surface area contributed by atoms with E-state index in [1.165, 1.54) is 50.7 Å².